The van der Waals surface area contributed by atoms with Gasteiger partial charge in [0.15, 0.2) is 12.2 Å². The van der Waals surface area contributed by atoms with E-state index in [4.69, 9.17) is 37.0 Å². The molecule has 0 aromatic heterocycles. The zero-order valence-corrected chi connectivity index (χ0v) is 68.2. The number of ether oxygens (including phenoxy) is 4. The van der Waals surface area contributed by atoms with Crippen LogP contribution >= 0.6 is 15.6 Å². The maximum atomic E-state index is 13.1. The SMILES string of the molecule is CCCCCCCCCCCCCCCCCCCCC(=O)OC[C@H](COP(=O)(O)OC[C@@H](O)COP(=O)(O)OC[C@@H](COC(=O)CCCCCCCCCCC(C)C)OC(=O)CCCCCCCCCCCCCC(C)C)OC(=O)CCCCCCCCCCCCCCCCCC(C)C. The summed E-state index contributed by atoms with van der Waals surface area (Å²) in [5.41, 5.74) is 0. The normalized spacial score (nSPS) is 14.0. The zero-order chi connectivity index (χ0) is 74.4. The number of aliphatic hydroxyl groups is 1. The molecule has 0 heterocycles. The van der Waals surface area contributed by atoms with E-state index in [1.807, 2.05) is 0 Å². The molecule has 0 aromatic carbocycles. The maximum Gasteiger partial charge on any atom is 0.472 e. The van der Waals surface area contributed by atoms with Gasteiger partial charge in [0.2, 0.25) is 0 Å². The molecule has 3 N–H and O–H groups in total. The molecule has 2 unspecified atom stereocenters. The van der Waals surface area contributed by atoms with Crippen molar-refractivity contribution in [3.63, 3.8) is 0 Å². The Morgan fingerprint density at radius 2 is 0.455 bits per heavy atom. The highest BCUT2D eigenvalue weighted by atomic mass is 31.2. The summed E-state index contributed by atoms with van der Waals surface area (Å²) in [6, 6.07) is 0. The summed E-state index contributed by atoms with van der Waals surface area (Å²) in [4.78, 5) is 73.1. The van der Waals surface area contributed by atoms with Crippen molar-refractivity contribution in [3.05, 3.63) is 0 Å². The van der Waals surface area contributed by atoms with Crippen LogP contribution in [0.15, 0.2) is 0 Å². The van der Waals surface area contributed by atoms with Crippen molar-refractivity contribution in [3.8, 4) is 0 Å². The van der Waals surface area contributed by atoms with Gasteiger partial charge >= 0.3 is 39.5 Å². The van der Waals surface area contributed by atoms with E-state index in [0.717, 1.165) is 108 Å². The topological polar surface area (TPSA) is 237 Å². The molecule has 17 nitrogen and oxygen atoms in total. The Morgan fingerprint density at radius 3 is 0.673 bits per heavy atom. The fourth-order valence-electron chi connectivity index (χ4n) is 12.7. The van der Waals surface area contributed by atoms with Gasteiger partial charge in [-0.15, -0.1) is 0 Å². The number of rotatable bonds is 80. The Bertz CT molecular complexity index is 1960. The van der Waals surface area contributed by atoms with Crippen molar-refractivity contribution < 1.29 is 80.2 Å². The van der Waals surface area contributed by atoms with E-state index >= 15 is 0 Å². The van der Waals surface area contributed by atoms with Gasteiger partial charge in [-0.1, -0.05) is 376 Å². The minimum Gasteiger partial charge on any atom is -0.462 e. The number of esters is 4. The molecule has 0 fully saturated rings. The first-order valence-electron chi connectivity index (χ1n) is 42.3. The van der Waals surface area contributed by atoms with Crippen LogP contribution in [0.5, 0.6) is 0 Å². The van der Waals surface area contributed by atoms with E-state index in [1.165, 1.54) is 238 Å². The van der Waals surface area contributed by atoms with Gasteiger partial charge in [-0.3, -0.25) is 37.3 Å². The average molecular weight is 1480 g/mol. The molecule has 19 heteroatoms. The molecule has 101 heavy (non-hydrogen) atoms. The van der Waals surface area contributed by atoms with Crippen LogP contribution < -0.4 is 0 Å². The number of phosphoric acid groups is 2. The van der Waals surface area contributed by atoms with Crippen LogP contribution in [-0.4, -0.2) is 96.7 Å². The molecule has 0 aliphatic rings. The van der Waals surface area contributed by atoms with Gasteiger partial charge in [0, 0.05) is 25.7 Å². The zero-order valence-electron chi connectivity index (χ0n) is 66.4. The largest absolute Gasteiger partial charge is 0.472 e. The van der Waals surface area contributed by atoms with Gasteiger partial charge in [0.25, 0.3) is 0 Å². The number of hydrogen-bond acceptors (Lipinski definition) is 15. The summed E-state index contributed by atoms with van der Waals surface area (Å²) in [6.45, 7) is 11.9. The lowest BCUT2D eigenvalue weighted by molar-refractivity contribution is -0.161. The van der Waals surface area contributed by atoms with Gasteiger partial charge in [0.05, 0.1) is 26.4 Å². The second-order valence-corrected chi connectivity index (χ2v) is 33.8. The Kier molecular flexibility index (Phi) is 70.9. The number of aliphatic hydroxyl groups excluding tert-OH is 1. The summed E-state index contributed by atoms with van der Waals surface area (Å²) in [5, 5.41) is 10.7. The van der Waals surface area contributed by atoms with Crippen molar-refractivity contribution in [2.75, 3.05) is 39.6 Å². The molecule has 0 rings (SSSR count). The van der Waals surface area contributed by atoms with Crippen molar-refractivity contribution in [1.82, 2.24) is 0 Å². The van der Waals surface area contributed by atoms with E-state index in [9.17, 15) is 43.2 Å². The van der Waals surface area contributed by atoms with Crippen LogP contribution in [0.3, 0.4) is 0 Å². The third kappa shape index (κ3) is 76.1. The lowest BCUT2D eigenvalue weighted by Crippen LogP contribution is -2.30. The second-order valence-electron chi connectivity index (χ2n) is 30.9. The highest BCUT2D eigenvalue weighted by Crippen LogP contribution is 2.45. The smallest absolute Gasteiger partial charge is 0.462 e. The molecule has 0 bridgehead atoms. The molecule has 0 amide bonds. The second kappa shape index (κ2) is 72.3. The molecule has 0 spiro atoms. The average Bonchev–Trinajstić information content (AvgIpc) is 0.921. The molecule has 600 valence electrons. The molecule has 0 radical (unpaired) electrons. The van der Waals surface area contributed by atoms with Gasteiger partial charge in [-0.2, -0.15) is 0 Å². The quantitative estimate of drug-likeness (QED) is 0.0222. The van der Waals surface area contributed by atoms with Gasteiger partial charge < -0.3 is 33.8 Å². The minimum absolute atomic E-state index is 0.106. The standard InChI is InChI=1S/C82H160O17P2/c1-8-9-10-11-12-13-14-15-16-17-18-21-24-29-34-42-49-56-63-79(84)92-69-77(98-81(86)65-58-51-44-35-30-25-22-19-20-23-27-32-39-46-53-60-73(2)3)71-96-100(88,89)94-67-76(83)68-95-101(90,91)97-72-78(70-93-80(85)64-57-50-43-38-37-41-48-55-62-75(6)7)99-82(87)66-59-52-45-36-31-26-28-33-40-47-54-61-74(4)5/h73-78,83H,8-72H2,1-7H3,(H,88,89)(H,90,91)/t76-,77-,78-/m1/s1. The summed E-state index contributed by atoms with van der Waals surface area (Å²) in [5.74, 6) is 0.184. The molecular formula is C82H160O17P2. The number of hydrogen-bond donors (Lipinski definition) is 3. The van der Waals surface area contributed by atoms with Crippen molar-refractivity contribution >= 4 is 39.5 Å². The van der Waals surface area contributed by atoms with Crippen LogP contribution in [0.1, 0.15) is 427 Å². The van der Waals surface area contributed by atoms with Crippen LogP contribution in [0, 0.1) is 17.8 Å². The predicted molar refractivity (Wildman–Crippen MR) is 414 cm³/mol. The molecule has 0 saturated heterocycles. The first-order valence-corrected chi connectivity index (χ1v) is 45.3. The Balaban J connectivity index is 5.25. The Labute approximate surface area is 619 Å². The third-order valence-corrected chi connectivity index (χ3v) is 21.0. The summed E-state index contributed by atoms with van der Waals surface area (Å²) in [7, 11) is -9.92. The first kappa shape index (κ1) is 99.1. The van der Waals surface area contributed by atoms with Crippen LogP contribution in [-0.2, 0) is 65.4 Å². The van der Waals surface area contributed by atoms with E-state index in [1.54, 1.807) is 0 Å². The first-order chi connectivity index (χ1) is 48.7. The highest BCUT2D eigenvalue weighted by Gasteiger charge is 2.30. The van der Waals surface area contributed by atoms with Gasteiger partial charge in [0.1, 0.15) is 19.3 Å². The van der Waals surface area contributed by atoms with Crippen molar-refractivity contribution in [2.24, 2.45) is 17.8 Å². The predicted octanol–water partition coefficient (Wildman–Crippen LogP) is 24.5. The number of carbonyl (C=O) groups is 4. The third-order valence-electron chi connectivity index (χ3n) is 19.1. The van der Waals surface area contributed by atoms with Crippen LogP contribution in [0.4, 0.5) is 0 Å². The fourth-order valence-corrected chi connectivity index (χ4v) is 14.2. The monoisotopic (exact) mass is 1480 g/mol. The van der Waals surface area contributed by atoms with Crippen molar-refractivity contribution in [2.45, 2.75) is 446 Å². The molecular weight excluding hydrogens is 1320 g/mol. The lowest BCUT2D eigenvalue weighted by Gasteiger charge is -2.21. The molecule has 5 atom stereocenters. The molecule has 0 saturated carbocycles. The number of carbonyl (C=O) groups excluding carboxylic acids is 4. The Hall–Kier alpha value is -1.94. The van der Waals surface area contributed by atoms with E-state index in [2.05, 4.69) is 48.5 Å². The summed E-state index contributed by atoms with van der Waals surface area (Å²) in [6.07, 6.45) is 61.1. The molecule has 0 aromatic rings. The summed E-state index contributed by atoms with van der Waals surface area (Å²) >= 11 is 0. The van der Waals surface area contributed by atoms with Gasteiger partial charge in [-0.05, 0) is 43.4 Å². The van der Waals surface area contributed by atoms with Gasteiger partial charge in [-0.25, -0.2) is 9.13 Å². The minimum atomic E-state index is -4.96. The fraction of sp³-hybridized carbons (Fsp3) is 0.951. The number of phosphoric ester groups is 2. The Morgan fingerprint density at radius 1 is 0.267 bits per heavy atom. The summed E-state index contributed by atoms with van der Waals surface area (Å²) < 4.78 is 68.8. The lowest BCUT2D eigenvalue weighted by atomic mass is 10.0. The number of unbranched alkanes of at least 4 members (excludes halogenated alkanes) is 48. The van der Waals surface area contributed by atoms with E-state index in [-0.39, 0.29) is 25.7 Å². The maximum absolute atomic E-state index is 13.1. The van der Waals surface area contributed by atoms with Crippen molar-refractivity contribution in [1.29, 1.82) is 0 Å². The molecule has 0 aliphatic heterocycles. The van der Waals surface area contributed by atoms with Crippen LogP contribution in [0.2, 0.25) is 0 Å². The molecule has 0 aliphatic carbocycles. The highest BCUT2D eigenvalue weighted by molar-refractivity contribution is 7.47. The van der Waals surface area contributed by atoms with E-state index in [0.29, 0.717) is 25.7 Å². The van der Waals surface area contributed by atoms with Crippen LogP contribution in [0.25, 0.3) is 0 Å². The van der Waals surface area contributed by atoms with E-state index < -0.39 is 97.5 Å².